The minimum atomic E-state index is -0.969. The molecule has 2 N–H and O–H groups in total. The summed E-state index contributed by atoms with van der Waals surface area (Å²) in [6.07, 6.45) is 0.0606. The van der Waals surface area contributed by atoms with Crippen LogP contribution in [0.25, 0.3) is 0 Å². The third-order valence-electron chi connectivity index (χ3n) is 3.32. The highest BCUT2D eigenvalue weighted by molar-refractivity contribution is 5.95. The second kappa shape index (κ2) is 5.50. The summed E-state index contributed by atoms with van der Waals surface area (Å²) in [7, 11) is 1.64. The lowest BCUT2D eigenvalue weighted by Gasteiger charge is -2.26. The summed E-state index contributed by atoms with van der Waals surface area (Å²) in [5.74, 6) is -0.969. The van der Waals surface area contributed by atoms with E-state index in [-0.39, 0.29) is 18.1 Å². The molecule has 0 fully saturated rings. The van der Waals surface area contributed by atoms with Crippen molar-refractivity contribution in [3.8, 4) is 0 Å². The molecule has 6 nitrogen and oxygen atoms in total. The minimum absolute atomic E-state index is 0.187. The molecule has 0 aromatic heterocycles. The predicted octanol–water partition coefficient (Wildman–Crippen LogP) is 1.18. The Bertz CT molecular complexity index is 542. The molecule has 2 amide bonds. The molecule has 6 heteroatoms. The quantitative estimate of drug-likeness (QED) is 0.870. The number of hydrogen-bond donors (Lipinski definition) is 2. The average molecular weight is 278 g/mol. The third-order valence-corrected chi connectivity index (χ3v) is 3.32. The number of aromatic carboxylic acids is 1. The number of aliphatic hydroxyl groups excluding tert-OH is 1. The Labute approximate surface area is 117 Å². The summed E-state index contributed by atoms with van der Waals surface area (Å²) in [5.41, 5.74) is 1.84. The zero-order chi connectivity index (χ0) is 14.9. The monoisotopic (exact) mass is 278 g/mol. The number of likely N-dealkylation sites (N-methyl/N-ethyl adjacent to an activating group) is 1. The van der Waals surface area contributed by atoms with E-state index in [1.165, 1.54) is 11.0 Å². The molecule has 0 radical (unpaired) electrons. The molecule has 1 atom stereocenters. The number of hydrogen-bond acceptors (Lipinski definition) is 3. The molecule has 1 heterocycles. The number of benzene rings is 1. The van der Waals surface area contributed by atoms with E-state index in [9.17, 15) is 14.7 Å². The highest BCUT2D eigenvalue weighted by Gasteiger charge is 2.27. The Balaban J connectivity index is 2.19. The number of carboxylic acids is 1. The summed E-state index contributed by atoms with van der Waals surface area (Å²) in [5, 5.41) is 18.3. The number of nitrogens with zero attached hydrogens (tertiary/aromatic N) is 2. The van der Waals surface area contributed by atoms with Crippen LogP contribution in [0.3, 0.4) is 0 Å². The van der Waals surface area contributed by atoms with Crippen molar-refractivity contribution < 1.29 is 19.8 Å². The van der Waals surface area contributed by atoms with Gasteiger partial charge in [0.25, 0.3) is 0 Å². The predicted molar refractivity (Wildman–Crippen MR) is 74.2 cm³/mol. The van der Waals surface area contributed by atoms with Crippen molar-refractivity contribution in [3.05, 3.63) is 29.3 Å². The first kappa shape index (κ1) is 14.3. The molecule has 108 valence electrons. The summed E-state index contributed by atoms with van der Waals surface area (Å²) in [4.78, 5) is 26.3. The highest BCUT2D eigenvalue weighted by atomic mass is 16.4. The van der Waals surface area contributed by atoms with Gasteiger partial charge in [0.2, 0.25) is 0 Å². The van der Waals surface area contributed by atoms with Gasteiger partial charge in [0.1, 0.15) is 0 Å². The van der Waals surface area contributed by atoms with Crippen molar-refractivity contribution in [1.29, 1.82) is 0 Å². The number of anilines is 1. The Morgan fingerprint density at radius 3 is 2.75 bits per heavy atom. The molecule has 0 bridgehead atoms. The number of carbonyl (C=O) groups is 2. The minimum Gasteiger partial charge on any atom is -0.478 e. The Morgan fingerprint density at radius 2 is 2.15 bits per heavy atom. The van der Waals surface area contributed by atoms with E-state index in [1.807, 2.05) is 0 Å². The van der Waals surface area contributed by atoms with E-state index >= 15 is 0 Å². The van der Waals surface area contributed by atoms with Gasteiger partial charge in [0, 0.05) is 25.8 Å². The molecule has 1 aromatic carbocycles. The van der Waals surface area contributed by atoms with Crippen molar-refractivity contribution in [2.24, 2.45) is 0 Å². The topological polar surface area (TPSA) is 81.1 Å². The van der Waals surface area contributed by atoms with Crippen LogP contribution in [-0.2, 0) is 6.42 Å². The van der Waals surface area contributed by atoms with Gasteiger partial charge in [0.05, 0.1) is 11.7 Å². The maximum absolute atomic E-state index is 12.3. The SMILES string of the molecule is CC(O)CN(C)C(=O)N1CCc2cc(C(=O)O)ccc21. The fraction of sp³-hybridized carbons (Fsp3) is 0.429. The Morgan fingerprint density at radius 1 is 1.45 bits per heavy atom. The van der Waals surface area contributed by atoms with Crippen LogP contribution in [0.2, 0.25) is 0 Å². The number of carboxylic acid groups (broad SMARTS) is 1. The number of urea groups is 1. The molecule has 1 unspecified atom stereocenters. The van der Waals surface area contributed by atoms with Crippen molar-refractivity contribution in [3.63, 3.8) is 0 Å². The normalized spacial score (nSPS) is 14.8. The van der Waals surface area contributed by atoms with E-state index in [0.29, 0.717) is 13.0 Å². The van der Waals surface area contributed by atoms with Gasteiger partial charge in [-0.2, -0.15) is 0 Å². The van der Waals surface area contributed by atoms with E-state index in [4.69, 9.17) is 5.11 Å². The van der Waals surface area contributed by atoms with Crippen LogP contribution in [0, 0.1) is 0 Å². The maximum atomic E-state index is 12.3. The zero-order valence-electron chi connectivity index (χ0n) is 11.5. The lowest BCUT2D eigenvalue weighted by Crippen LogP contribution is -2.43. The molecule has 0 saturated carbocycles. The smallest absolute Gasteiger partial charge is 0.335 e. The van der Waals surface area contributed by atoms with Gasteiger partial charge < -0.3 is 15.1 Å². The van der Waals surface area contributed by atoms with Crippen LogP contribution in [0.4, 0.5) is 10.5 Å². The lowest BCUT2D eigenvalue weighted by atomic mass is 10.1. The van der Waals surface area contributed by atoms with Crippen molar-refractivity contribution in [2.75, 3.05) is 25.0 Å². The first-order valence-electron chi connectivity index (χ1n) is 6.47. The van der Waals surface area contributed by atoms with Crippen LogP contribution in [-0.4, -0.2) is 53.4 Å². The fourth-order valence-corrected chi connectivity index (χ4v) is 2.41. The number of aliphatic hydroxyl groups is 1. The first-order valence-corrected chi connectivity index (χ1v) is 6.47. The van der Waals surface area contributed by atoms with Crippen molar-refractivity contribution in [2.45, 2.75) is 19.4 Å². The van der Waals surface area contributed by atoms with Gasteiger partial charge in [-0.05, 0) is 37.1 Å². The first-order chi connectivity index (χ1) is 9.40. The van der Waals surface area contributed by atoms with E-state index < -0.39 is 12.1 Å². The van der Waals surface area contributed by atoms with Gasteiger partial charge in [-0.15, -0.1) is 0 Å². The molecule has 0 spiro atoms. The van der Waals surface area contributed by atoms with Crippen LogP contribution >= 0.6 is 0 Å². The average Bonchev–Trinajstić information content (AvgIpc) is 2.79. The van der Waals surface area contributed by atoms with E-state index in [1.54, 1.807) is 31.0 Å². The molecule has 1 aliphatic rings. The molecule has 0 saturated heterocycles. The summed E-state index contributed by atoms with van der Waals surface area (Å²) < 4.78 is 0. The van der Waals surface area contributed by atoms with Gasteiger partial charge >= 0.3 is 12.0 Å². The van der Waals surface area contributed by atoms with Crippen LogP contribution in [0.5, 0.6) is 0 Å². The molecule has 1 aromatic rings. The zero-order valence-corrected chi connectivity index (χ0v) is 11.5. The molecule has 20 heavy (non-hydrogen) atoms. The molecular formula is C14H18N2O4. The summed E-state index contributed by atoms with van der Waals surface area (Å²) in [6.45, 7) is 2.42. The molecule has 0 aliphatic carbocycles. The second-order valence-electron chi connectivity index (χ2n) is 5.06. The van der Waals surface area contributed by atoms with E-state index in [2.05, 4.69) is 0 Å². The van der Waals surface area contributed by atoms with E-state index in [0.717, 1.165) is 11.3 Å². The fourth-order valence-electron chi connectivity index (χ4n) is 2.41. The summed E-state index contributed by atoms with van der Waals surface area (Å²) >= 11 is 0. The number of fused-ring (bicyclic) bond motifs is 1. The number of rotatable bonds is 3. The van der Waals surface area contributed by atoms with Gasteiger partial charge in [-0.25, -0.2) is 9.59 Å². The molecule has 2 rings (SSSR count). The number of carbonyl (C=O) groups excluding carboxylic acids is 1. The van der Waals surface area contributed by atoms with Gasteiger partial charge in [-0.1, -0.05) is 0 Å². The lowest BCUT2D eigenvalue weighted by molar-refractivity contribution is 0.0696. The Hall–Kier alpha value is -2.08. The van der Waals surface area contributed by atoms with Crippen LogP contribution < -0.4 is 4.90 Å². The highest BCUT2D eigenvalue weighted by Crippen LogP contribution is 2.29. The van der Waals surface area contributed by atoms with Gasteiger partial charge in [0.15, 0.2) is 0 Å². The molecule has 1 aliphatic heterocycles. The Kier molecular flexibility index (Phi) is 3.94. The van der Waals surface area contributed by atoms with Crippen molar-refractivity contribution in [1.82, 2.24) is 4.90 Å². The van der Waals surface area contributed by atoms with Crippen LogP contribution in [0.15, 0.2) is 18.2 Å². The largest absolute Gasteiger partial charge is 0.478 e. The van der Waals surface area contributed by atoms with Crippen molar-refractivity contribution >= 4 is 17.7 Å². The standard InChI is InChI=1S/C14H18N2O4/c1-9(17)8-15(2)14(20)16-6-5-10-7-11(13(18)19)3-4-12(10)16/h3-4,7,9,17H,5-6,8H2,1-2H3,(H,18,19). The third kappa shape index (κ3) is 2.75. The molecular weight excluding hydrogens is 260 g/mol. The van der Waals surface area contributed by atoms with Gasteiger partial charge in [-0.3, -0.25) is 4.90 Å². The number of amides is 2. The second-order valence-corrected chi connectivity index (χ2v) is 5.06. The van der Waals surface area contributed by atoms with Crippen LogP contribution in [0.1, 0.15) is 22.8 Å². The maximum Gasteiger partial charge on any atom is 0.335 e. The summed E-state index contributed by atoms with van der Waals surface area (Å²) in [6, 6.07) is 4.59.